The van der Waals surface area contributed by atoms with Gasteiger partial charge in [0, 0.05) is 33.7 Å². The number of hydrogen-bond acceptors (Lipinski definition) is 3. The molecule has 3 rings (SSSR count). The molecule has 23 heavy (non-hydrogen) atoms. The van der Waals surface area contributed by atoms with Gasteiger partial charge in [-0.25, -0.2) is 0 Å². The molecule has 1 atom stereocenters. The third kappa shape index (κ3) is 3.54. The highest BCUT2D eigenvalue weighted by Crippen LogP contribution is 2.41. The number of likely N-dealkylation sites (N-methyl/N-ethyl adjacent to an activating group) is 1. The molecule has 2 saturated heterocycles. The molecule has 0 aromatic carbocycles. The van der Waals surface area contributed by atoms with Crippen molar-refractivity contribution in [2.45, 2.75) is 44.9 Å². The van der Waals surface area contributed by atoms with Gasteiger partial charge in [0.15, 0.2) is 0 Å². The monoisotopic (exact) mass is 321 g/mol. The van der Waals surface area contributed by atoms with Crippen molar-refractivity contribution in [3.05, 3.63) is 0 Å². The van der Waals surface area contributed by atoms with Crippen LogP contribution in [0.2, 0.25) is 0 Å². The summed E-state index contributed by atoms with van der Waals surface area (Å²) in [6.07, 6.45) is 8.64. The molecule has 130 valence electrons. The second kappa shape index (κ2) is 6.80. The Bertz CT molecular complexity index is 459. The fourth-order valence-corrected chi connectivity index (χ4v) is 4.58. The number of likely N-dealkylation sites (tertiary alicyclic amines) is 2. The quantitative estimate of drug-likeness (QED) is 0.739. The zero-order chi connectivity index (χ0) is 16.4. The molecular weight excluding hydrogens is 290 g/mol. The Morgan fingerprint density at radius 1 is 1.17 bits per heavy atom. The molecular formula is C18H31N3O2. The van der Waals surface area contributed by atoms with E-state index in [0.29, 0.717) is 12.5 Å². The van der Waals surface area contributed by atoms with Crippen LogP contribution in [0, 0.1) is 11.3 Å². The summed E-state index contributed by atoms with van der Waals surface area (Å²) in [7, 11) is 3.59. The number of β-lactam (4-membered cyclic amide) rings is 1. The summed E-state index contributed by atoms with van der Waals surface area (Å²) in [4.78, 5) is 30.6. The first kappa shape index (κ1) is 16.7. The Morgan fingerprint density at radius 2 is 1.91 bits per heavy atom. The van der Waals surface area contributed by atoms with Gasteiger partial charge in [0.05, 0.1) is 12.0 Å². The predicted molar refractivity (Wildman–Crippen MR) is 90.0 cm³/mol. The molecule has 0 unspecified atom stereocenters. The second-order valence-electron chi connectivity index (χ2n) is 8.07. The number of carbonyl (C=O) groups excluding carboxylic acids is 2. The molecule has 0 aromatic heterocycles. The number of rotatable bonds is 4. The van der Waals surface area contributed by atoms with E-state index in [9.17, 15) is 9.59 Å². The van der Waals surface area contributed by atoms with Gasteiger partial charge in [-0.2, -0.15) is 0 Å². The molecule has 5 nitrogen and oxygen atoms in total. The van der Waals surface area contributed by atoms with Gasteiger partial charge < -0.3 is 9.80 Å². The minimum Gasteiger partial charge on any atom is -0.348 e. The maximum atomic E-state index is 12.8. The van der Waals surface area contributed by atoms with Crippen molar-refractivity contribution in [2.24, 2.45) is 11.3 Å². The first-order valence-electron chi connectivity index (χ1n) is 9.22. The summed E-state index contributed by atoms with van der Waals surface area (Å²) >= 11 is 0. The lowest BCUT2D eigenvalue weighted by atomic mass is 9.71. The van der Waals surface area contributed by atoms with Crippen LogP contribution >= 0.6 is 0 Å². The van der Waals surface area contributed by atoms with Gasteiger partial charge in [-0.05, 0) is 38.1 Å². The molecule has 1 aliphatic carbocycles. The molecule has 2 aliphatic heterocycles. The Morgan fingerprint density at radius 3 is 2.57 bits per heavy atom. The van der Waals surface area contributed by atoms with Crippen molar-refractivity contribution >= 4 is 11.8 Å². The summed E-state index contributed by atoms with van der Waals surface area (Å²) < 4.78 is 0. The molecule has 0 radical (unpaired) electrons. The summed E-state index contributed by atoms with van der Waals surface area (Å²) in [6, 6.07) is 0. The zero-order valence-corrected chi connectivity index (χ0v) is 14.7. The Hall–Kier alpha value is -1.10. The largest absolute Gasteiger partial charge is 0.348 e. The van der Waals surface area contributed by atoms with Crippen molar-refractivity contribution in [3.63, 3.8) is 0 Å². The molecule has 1 saturated carbocycles. The summed E-state index contributed by atoms with van der Waals surface area (Å²) in [5, 5.41) is 0. The lowest BCUT2D eigenvalue weighted by Gasteiger charge is -2.54. The van der Waals surface area contributed by atoms with Crippen LogP contribution in [-0.4, -0.2) is 73.3 Å². The lowest BCUT2D eigenvalue weighted by molar-refractivity contribution is -0.168. The number of carbonyl (C=O) groups is 2. The molecule has 1 spiro atoms. The molecule has 0 N–H and O–H groups in total. The van der Waals surface area contributed by atoms with Gasteiger partial charge in [0.2, 0.25) is 11.8 Å². The topological polar surface area (TPSA) is 43.9 Å². The molecule has 2 amide bonds. The number of nitrogens with zero attached hydrogens (tertiary/aromatic N) is 3. The van der Waals surface area contributed by atoms with E-state index < -0.39 is 0 Å². The summed E-state index contributed by atoms with van der Waals surface area (Å²) in [6.45, 7) is 4.04. The zero-order valence-electron chi connectivity index (χ0n) is 14.7. The first-order chi connectivity index (χ1) is 11.0. The van der Waals surface area contributed by atoms with Crippen LogP contribution in [0.15, 0.2) is 0 Å². The normalized spacial score (nSPS) is 29.7. The van der Waals surface area contributed by atoms with Gasteiger partial charge >= 0.3 is 0 Å². The Kier molecular flexibility index (Phi) is 4.95. The van der Waals surface area contributed by atoms with Crippen molar-refractivity contribution in [3.8, 4) is 0 Å². The average Bonchev–Trinajstić information content (AvgIpc) is 2.55. The van der Waals surface area contributed by atoms with Crippen molar-refractivity contribution in [2.75, 3.05) is 46.8 Å². The SMILES string of the molecule is CN(C)C(=O)CN1CCC[C@]2(C1)CN(CC1CCCCC1)C2=O. The van der Waals surface area contributed by atoms with Crippen molar-refractivity contribution in [1.82, 2.24) is 14.7 Å². The van der Waals surface area contributed by atoms with E-state index in [1.807, 2.05) is 0 Å². The number of amides is 2. The fourth-order valence-electron chi connectivity index (χ4n) is 4.58. The fraction of sp³-hybridized carbons (Fsp3) is 0.889. The van der Waals surface area contributed by atoms with Crippen LogP contribution in [-0.2, 0) is 9.59 Å². The van der Waals surface area contributed by atoms with Crippen molar-refractivity contribution < 1.29 is 9.59 Å². The van der Waals surface area contributed by atoms with E-state index in [0.717, 1.165) is 44.9 Å². The van der Waals surface area contributed by atoms with Crippen LogP contribution in [0.3, 0.4) is 0 Å². The van der Waals surface area contributed by atoms with E-state index in [1.54, 1.807) is 19.0 Å². The van der Waals surface area contributed by atoms with Crippen LogP contribution in [0.1, 0.15) is 44.9 Å². The van der Waals surface area contributed by atoms with Crippen LogP contribution < -0.4 is 0 Å². The highest BCUT2D eigenvalue weighted by Gasteiger charge is 2.53. The van der Waals surface area contributed by atoms with Gasteiger partial charge in [0.1, 0.15) is 0 Å². The van der Waals surface area contributed by atoms with Gasteiger partial charge in [-0.1, -0.05) is 19.3 Å². The highest BCUT2D eigenvalue weighted by molar-refractivity contribution is 5.89. The third-order valence-corrected chi connectivity index (χ3v) is 5.95. The standard InChI is InChI=1S/C18H31N3O2/c1-19(2)16(22)12-20-10-6-9-18(13-20)14-21(17(18)23)11-15-7-4-3-5-8-15/h15H,3-14H2,1-2H3/t18-/m0/s1. The van der Waals surface area contributed by atoms with E-state index in [-0.39, 0.29) is 11.3 Å². The maximum absolute atomic E-state index is 12.8. The molecule has 5 heteroatoms. The molecule has 0 aromatic rings. The van der Waals surface area contributed by atoms with Gasteiger partial charge in [-0.3, -0.25) is 14.5 Å². The van der Waals surface area contributed by atoms with Crippen LogP contribution in [0.25, 0.3) is 0 Å². The number of piperidine rings is 1. The van der Waals surface area contributed by atoms with Gasteiger partial charge in [-0.15, -0.1) is 0 Å². The summed E-state index contributed by atoms with van der Waals surface area (Å²) in [5.41, 5.74) is -0.181. The molecule has 3 aliphatic rings. The van der Waals surface area contributed by atoms with Crippen LogP contribution in [0.4, 0.5) is 0 Å². The van der Waals surface area contributed by atoms with E-state index >= 15 is 0 Å². The maximum Gasteiger partial charge on any atom is 0.236 e. The molecule has 2 heterocycles. The smallest absolute Gasteiger partial charge is 0.236 e. The highest BCUT2D eigenvalue weighted by atomic mass is 16.2. The Labute approximate surface area is 140 Å². The van der Waals surface area contributed by atoms with Crippen LogP contribution in [0.5, 0.6) is 0 Å². The predicted octanol–water partition coefficient (Wildman–Crippen LogP) is 1.58. The lowest BCUT2D eigenvalue weighted by Crippen LogP contribution is -2.67. The third-order valence-electron chi connectivity index (χ3n) is 5.95. The minimum atomic E-state index is -0.181. The van der Waals surface area contributed by atoms with Gasteiger partial charge in [0.25, 0.3) is 0 Å². The van der Waals surface area contributed by atoms with Crippen molar-refractivity contribution in [1.29, 1.82) is 0 Å². The first-order valence-corrected chi connectivity index (χ1v) is 9.22. The summed E-state index contributed by atoms with van der Waals surface area (Å²) in [5.74, 6) is 1.21. The second-order valence-corrected chi connectivity index (χ2v) is 8.07. The molecule has 0 bridgehead atoms. The average molecular weight is 321 g/mol. The van der Waals surface area contributed by atoms with E-state index in [4.69, 9.17) is 0 Å². The number of hydrogen-bond donors (Lipinski definition) is 0. The molecule has 3 fully saturated rings. The Balaban J connectivity index is 1.52. The van der Waals surface area contributed by atoms with E-state index in [2.05, 4.69) is 9.80 Å². The van der Waals surface area contributed by atoms with E-state index in [1.165, 1.54) is 32.1 Å². The minimum absolute atomic E-state index is 0.132.